The van der Waals surface area contributed by atoms with Crippen LogP contribution >= 0.6 is 0 Å². The minimum absolute atomic E-state index is 0.0199. The van der Waals surface area contributed by atoms with Gasteiger partial charge < -0.3 is 20.7 Å². The quantitative estimate of drug-likeness (QED) is 0.549. The smallest absolute Gasteiger partial charge is 0.251 e. The molecular formula is C24H29N5O4. The van der Waals surface area contributed by atoms with Crippen molar-refractivity contribution in [1.82, 2.24) is 25.8 Å². The Morgan fingerprint density at radius 2 is 2.06 bits per heavy atom. The number of ether oxygens (including phenoxy) is 1. The van der Waals surface area contributed by atoms with Gasteiger partial charge in [0.2, 0.25) is 11.8 Å². The molecule has 2 saturated heterocycles. The topological polar surface area (TPSA) is 113 Å². The third kappa shape index (κ3) is 5.67. The summed E-state index contributed by atoms with van der Waals surface area (Å²) in [6.07, 6.45) is 4.98. The van der Waals surface area contributed by atoms with Crippen LogP contribution in [0.3, 0.4) is 0 Å². The number of amides is 3. The average Bonchev–Trinajstić information content (AvgIpc) is 3.27. The molecule has 0 unspecified atom stereocenters. The van der Waals surface area contributed by atoms with E-state index in [9.17, 15) is 14.4 Å². The van der Waals surface area contributed by atoms with Crippen LogP contribution < -0.4 is 20.7 Å². The van der Waals surface area contributed by atoms with E-state index < -0.39 is 0 Å². The van der Waals surface area contributed by atoms with E-state index in [0.29, 0.717) is 50.2 Å². The van der Waals surface area contributed by atoms with E-state index in [4.69, 9.17) is 4.74 Å². The van der Waals surface area contributed by atoms with Gasteiger partial charge in [-0.3, -0.25) is 24.3 Å². The molecule has 0 radical (unpaired) electrons. The number of methoxy groups -OCH3 is 1. The first-order chi connectivity index (χ1) is 16.0. The minimum atomic E-state index is -0.289. The van der Waals surface area contributed by atoms with Gasteiger partial charge >= 0.3 is 0 Å². The molecule has 9 nitrogen and oxygen atoms in total. The Kier molecular flexibility index (Phi) is 7.19. The number of aromatic nitrogens is 1. The van der Waals surface area contributed by atoms with Crippen molar-refractivity contribution >= 4 is 17.7 Å². The molecule has 1 aromatic heterocycles. The van der Waals surface area contributed by atoms with Crippen molar-refractivity contribution in [3.05, 3.63) is 59.9 Å². The standard InChI is InChI=1S/C24H29N5O4/c1-33-20-7-4-17(5-8-20)23(31)28-18-11-21-24(32)27-14-19(29(21)15-18)6-9-22(30)26-13-16-3-2-10-25-12-16/h2-5,7-8,10,12,18-19,21H,6,9,11,13-15H2,1H3,(H,26,30)(H,27,32)(H,28,31)/t18-,19+,21-/m0/s1. The Morgan fingerprint density at radius 1 is 1.24 bits per heavy atom. The zero-order valence-corrected chi connectivity index (χ0v) is 18.6. The largest absolute Gasteiger partial charge is 0.497 e. The van der Waals surface area contributed by atoms with Gasteiger partial charge in [-0.05, 0) is 48.7 Å². The van der Waals surface area contributed by atoms with Gasteiger partial charge in [0.1, 0.15) is 5.75 Å². The van der Waals surface area contributed by atoms with Crippen molar-refractivity contribution in [3.63, 3.8) is 0 Å². The van der Waals surface area contributed by atoms with E-state index in [0.717, 1.165) is 5.56 Å². The van der Waals surface area contributed by atoms with Crippen molar-refractivity contribution in [2.45, 2.75) is 43.9 Å². The van der Waals surface area contributed by atoms with Gasteiger partial charge in [0.15, 0.2) is 0 Å². The molecule has 3 amide bonds. The second-order valence-electron chi connectivity index (χ2n) is 8.42. The Balaban J connectivity index is 1.29. The summed E-state index contributed by atoms with van der Waals surface area (Å²) in [6.45, 7) is 1.53. The summed E-state index contributed by atoms with van der Waals surface area (Å²) < 4.78 is 5.13. The Labute approximate surface area is 192 Å². The summed E-state index contributed by atoms with van der Waals surface area (Å²) in [5.41, 5.74) is 1.50. The van der Waals surface area contributed by atoms with Gasteiger partial charge in [0, 0.05) is 56.1 Å². The number of hydrogen-bond donors (Lipinski definition) is 3. The molecule has 2 aliphatic rings. The maximum absolute atomic E-state index is 12.6. The molecule has 3 N–H and O–H groups in total. The number of piperazine rings is 1. The number of nitrogens with one attached hydrogen (secondary N) is 3. The molecule has 1 aromatic carbocycles. The number of pyridine rings is 1. The van der Waals surface area contributed by atoms with Crippen LogP contribution in [0.1, 0.15) is 35.2 Å². The number of hydrogen-bond acceptors (Lipinski definition) is 6. The average molecular weight is 452 g/mol. The minimum Gasteiger partial charge on any atom is -0.497 e. The van der Waals surface area contributed by atoms with Gasteiger partial charge in [-0.15, -0.1) is 0 Å². The van der Waals surface area contributed by atoms with Crippen LogP contribution in [0.15, 0.2) is 48.8 Å². The maximum Gasteiger partial charge on any atom is 0.251 e. The fourth-order valence-corrected chi connectivity index (χ4v) is 4.45. The lowest BCUT2D eigenvalue weighted by Crippen LogP contribution is -2.58. The SMILES string of the molecule is COc1ccc(C(=O)N[C@H]2C[C@H]3C(=O)NC[C@@H](CCC(=O)NCc4cccnc4)N3C2)cc1. The monoisotopic (exact) mass is 451 g/mol. The highest BCUT2D eigenvalue weighted by molar-refractivity contribution is 5.94. The molecule has 33 heavy (non-hydrogen) atoms. The first-order valence-corrected chi connectivity index (χ1v) is 11.2. The molecule has 2 aliphatic heterocycles. The zero-order chi connectivity index (χ0) is 23.2. The van der Waals surface area contributed by atoms with Crippen molar-refractivity contribution in [2.75, 3.05) is 20.2 Å². The van der Waals surface area contributed by atoms with Crippen LogP contribution in [0.4, 0.5) is 0 Å². The Morgan fingerprint density at radius 3 is 2.79 bits per heavy atom. The summed E-state index contributed by atoms with van der Waals surface area (Å²) >= 11 is 0. The van der Waals surface area contributed by atoms with Crippen molar-refractivity contribution < 1.29 is 19.1 Å². The van der Waals surface area contributed by atoms with Crippen LogP contribution in [0, 0.1) is 0 Å². The number of fused-ring (bicyclic) bond motifs is 1. The molecule has 3 heterocycles. The van der Waals surface area contributed by atoms with Crippen LogP contribution in [0.25, 0.3) is 0 Å². The van der Waals surface area contributed by atoms with E-state index in [1.165, 1.54) is 0 Å². The number of rotatable bonds is 8. The summed E-state index contributed by atoms with van der Waals surface area (Å²) in [7, 11) is 1.58. The molecular weight excluding hydrogens is 422 g/mol. The number of carbonyl (C=O) groups excluding carboxylic acids is 3. The van der Waals surface area contributed by atoms with Crippen LogP contribution in [0.2, 0.25) is 0 Å². The fourth-order valence-electron chi connectivity index (χ4n) is 4.45. The van der Waals surface area contributed by atoms with Crippen LogP contribution in [-0.4, -0.2) is 65.9 Å². The molecule has 0 aliphatic carbocycles. The first kappa shape index (κ1) is 22.7. The lowest BCUT2D eigenvalue weighted by molar-refractivity contribution is -0.129. The second kappa shape index (κ2) is 10.4. The fraction of sp³-hybridized carbons (Fsp3) is 0.417. The molecule has 2 fully saturated rings. The Bertz CT molecular complexity index is 982. The lowest BCUT2D eigenvalue weighted by Gasteiger charge is -2.37. The summed E-state index contributed by atoms with van der Waals surface area (Å²) in [5, 5.41) is 8.92. The Hall–Kier alpha value is -3.46. The number of benzene rings is 1. The number of carbonyl (C=O) groups is 3. The molecule has 174 valence electrons. The van der Waals surface area contributed by atoms with Gasteiger partial charge in [-0.25, -0.2) is 0 Å². The van der Waals surface area contributed by atoms with Crippen LogP contribution in [0.5, 0.6) is 5.75 Å². The molecule has 0 saturated carbocycles. The van der Waals surface area contributed by atoms with Crippen molar-refractivity contribution in [2.24, 2.45) is 0 Å². The lowest BCUT2D eigenvalue weighted by atomic mass is 10.0. The molecule has 4 rings (SSSR count). The van der Waals surface area contributed by atoms with E-state index >= 15 is 0 Å². The molecule has 9 heteroatoms. The maximum atomic E-state index is 12.6. The molecule has 0 bridgehead atoms. The normalized spacial score (nSPS) is 22.2. The predicted octanol–water partition coefficient (Wildman–Crippen LogP) is 0.858. The second-order valence-corrected chi connectivity index (χ2v) is 8.42. The van der Waals surface area contributed by atoms with E-state index in [1.807, 2.05) is 12.1 Å². The molecule has 3 atom stereocenters. The highest BCUT2D eigenvalue weighted by Crippen LogP contribution is 2.26. The van der Waals surface area contributed by atoms with Crippen molar-refractivity contribution in [3.8, 4) is 5.75 Å². The molecule has 0 spiro atoms. The van der Waals surface area contributed by atoms with Gasteiger partial charge in [-0.2, -0.15) is 0 Å². The van der Waals surface area contributed by atoms with E-state index in [2.05, 4.69) is 25.8 Å². The third-order valence-corrected chi connectivity index (χ3v) is 6.23. The van der Waals surface area contributed by atoms with Gasteiger partial charge in [-0.1, -0.05) is 6.07 Å². The molecule has 2 aromatic rings. The van der Waals surface area contributed by atoms with E-state index in [1.54, 1.807) is 43.8 Å². The van der Waals surface area contributed by atoms with Crippen molar-refractivity contribution in [1.29, 1.82) is 0 Å². The van der Waals surface area contributed by atoms with E-state index in [-0.39, 0.29) is 35.8 Å². The highest BCUT2D eigenvalue weighted by Gasteiger charge is 2.43. The first-order valence-electron chi connectivity index (χ1n) is 11.2. The third-order valence-electron chi connectivity index (χ3n) is 6.23. The summed E-state index contributed by atoms with van der Waals surface area (Å²) in [5.74, 6) is 0.465. The van der Waals surface area contributed by atoms with Gasteiger partial charge in [0.05, 0.1) is 13.2 Å². The summed E-state index contributed by atoms with van der Waals surface area (Å²) in [6, 6.07) is 10.3. The highest BCUT2D eigenvalue weighted by atomic mass is 16.5. The number of nitrogens with zero attached hydrogens (tertiary/aromatic N) is 2. The zero-order valence-electron chi connectivity index (χ0n) is 18.6. The summed E-state index contributed by atoms with van der Waals surface area (Å²) in [4.78, 5) is 43.6. The van der Waals surface area contributed by atoms with Crippen LogP contribution in [-0.2, 0) is 16.1 Å². The van der Waals surface area contributed by atoms with Gasteiger partial charge in [0.25, 0.3) is 5.91 Å². The predicted molar refractivity (Wildman–Crippen MR) is 121 cm³/mol.